The van der Waals surface area contributed by atoms with Gasteiger partial charge in [0.15, 0.2) is 0 Å². The molecule has 1 aromatic rings. The van der Waals surface area contributed by atoms with E-state index in [-0.39, 0.29) is 0 Å². The van der Waals surface area contributed by atoms with Crippen LogP contribution >= 0.6 is 11.3 Å². The summed E-state index contributed by atoms with van der Waals surface area (Å²) in [5.41, 5.74) is 5.65. The van der Waals surface area contributed by atoms with E-state index in [2.05, 4.69) is 36.0 Å². The zero-order valence-electron chi connectivity index (χ0n) is 10.9. The van der Waals surface area contributed by atoms with Crippen molar-refractivity contribution in [2.24, 2.45) is 5.73 Å². The molecule has 1 unspecified atom stereocenters. The maximum Gasteiger partial charge on any atom is 0.0328 e. The normalized spacial score (nSPS) is 22.2. The molecule has 2 N–H and O–H groups in total. The van der Waals surface area contributed by atoms with Crippen molar-refractivity contribution in [3.63, 3.8) is 0 Å². The third-order valence-corrected chi connectivity index (χ3v) is 4.60. The van der Waals surface area contributed by atoms with Gasteiger partial charge < -0.3 is 10.6 Å². The van der Waals surface area contributed by atoms with E-state index in [1.807, 2.05) is 11.3 Å². The molecule has 0 amide bonds. The van der Waals surface area contributed by atoms with Gasteiger partial charge in [0.2, 0.25) is 0 Å². The number of hydrogen-bond donors (Lipinski definition) is 1. The van der Waals surface area contributed by atoms with E-state index in [0.29, 0.717) is 6.54 Å². The van der Waals surface area contributed by atoms with Crippen LogP contribution in [-0.4, -0.2) is 43.0 Å². The fourth-order valence-corrected chi connectivity index (χ4v) is 3.37. The Balaban J connectivity index is 1.90. The topological polar surface area (TPSA) is 32.5 Å². The predicted octanol–water partition coefficient (Wildman–Crippen LogP) is 1.73. The molecular weight excluding hydrogens is 230 g/mol. The second-order valence-electron chi connectivity index (χ2n) is 5.07. The van der Waals surface area contributed by atoms with Gasteiger partial charge in [0.05, 0.1) is 0 Å². The second kappa shape index (κ2) is 5.96. The standard InChI is InChI=1S/C13H23N3S/c1-15(2)11-4-3-7-16(9-11)10-13-6-5-12(8-14)17-13/h5-6,11H,3-4,7-10,14H2,1-2H3. The molecule has 2 heterocycles. The number of rotatable bonds is 4. The van der Waals surface area contributed by atoms with Crippen molar-refractivity contribution in [1.29, 1.82) is 0 Å². The number of likely N-dealkylation sites (N-methyl/N-ethyl adjacent to an activating group) is 1. The molecule has 3 nitrogen and oxygen atoms in total. The van der Waals surface area contributed by atoms with E-state index in [9.17, 15) is 0 Å². The number of hydrogen-bond acceptors (Lipinski definition) is 4. The molecule has 0 spiro atoms. The van der Waals surface area contributed by atoms with Crippen LogP contribution in [0.25, 0.3) is 0 Å². The Labute approximate surface area is 108 Å². The van der Waals surface area contributed by atoms with Gasteiger partial charge in [0.25, 0.3) is 0 Å². The minimum absolute atomic E-state index is 0.672. The van der Waals surface area contributed by atoms with Crippen LogP contribution in [0.2, 0.25) is 0 Å². The Hall–Kier alpha value is -0.420. The maximum absolute atomic E-state index is 5.65. The summed E-state index contributed by atoms with van der Waals surface area (Å²) < 4.78 is 0. The van der Waals surface area contributed by atoms with Crippen molar-refractivity contribution < 1.29 is 0 Å². The lowest BCUT2D eigenvalue weighted by molar-refractivity contribution is 0.129. The lowest BCUT2D eigenvalue weighted by atomic mass is 10.1. The number of likely N-dealkylation sites (tertiary alicyclic amines) is 1. The van der Waals surface area contributed by atoms with Gasteiger partial charge in [-0.05, 0) is 45.6 Å². The van der Waals surface area contributed by atoms with Gasteiger partial charge in [-0.25, -0.2) is 0 Å². The third-order valence-electron chi connectivity index (χ3n) is 3.51. The van der Waals surface area contributed by atoms with Crippen molar-refractivity contribution in [1.82, 2.24) is 9.80 Å². The van der Waals surface area contributed by atoms with Crippen LogP contribution in [0.3, 0.4) is 0 Å². The summed E-state index contributed by atoms with van der Waals surface area (Å²) in [5.74, 6) is 0. The molecule has 4 heteroatoms. The first-order valence-corrected chi connectivity index (χ1v) is 7.17. The average Bonchev–Trinajstić information content (AvgIpc) is 2.77. The summed E-state index contributed by atoms with van der Waals surface area (Å²) in [7, 11) is 4.37. The summed E-state index contributed by atoms with van der Waals surface area (Å²) in [6, 6.07) is 5.11. The van der Waals surface area contributed by atoms with E-state index >= 15 is 0 Å². The Morgan fingerprint density at radius 3 is 2.82 bits per heavy atom. The summed E-state index contributed by atoms with van der Waals surface area (Å²) in [6.45, 7) is 4.20. The van der Waals surface area contributed by atoms with Crippen molar-refractivity contribution in [2.45, 2.75) is 32.0 Å². The van der Waals surface area contributed by atoms with Crippen LogP contribution in [0.5, 0.6) is 0 Å². The molecule has 1 aromatic heterocycles. The molecule has 96 valence electrons. The van der Waals surface area contributed by atoms with Crippen LogP contribution in [0.4, 0.5) is 0 Å². The zero-order valence-corrected chi connectivity index (χ0v) is 11.7. The minimum atomic E-state index is 0.672. The highest BCUT2D eigenvalue weighted by molar-refractivity contribution is 7.11. The van der Waals surface area contributed by atoms with E-state index in [0.717, 1.165) is 12.6 Å². The second-order valence-corrected chi connectivity index (χ2v) is 6.32. The lowest BCUT2D eigenvalue weighted by Gasteiger charge is -2.35. The van der Waals surface area contributed by atoms with Gasteiger partial charge in [-0.1, -0.05) is 0 Å². The van der Waals surface area contributed by atoms with Crippen LogP contribution in [-0.2, 0) is 13.1 Å². The highest BCUT2D eigenvalue weighted by Crippen LogP contribution is 2.21. The Kier molecular flexibility index (Phi) is 4.56. The number of nitrogens with two attached hydrogens (primary N) is 1. The molecular formula is C13H23N3S. The van der Waals surface area contributed by atoms with Gasteiger partial charge in [-0.15, -0.1) is 11.3 Å². The van der Waals surface area contributed by atoms with Gasteiger partial charge in [-0.3, -0.25) is 4.90 Å². The predicted molar refractivity (Wildman–Crippen MR) is 74.2 cm³/mol. The Morgan fingerprint density at radius 2 is 2.18 bits per heavy atom. The third kappa shape index (κ3) is 3.52. The van der Waals surface area contributed by atoms with E-state index in [4.69, 9.17) is 5.73 Å². The van der Waals surface area contributed by atoms with Crippen LogP contribution in [0, 0.1) is 0 Å². The van der Waals surface area contributed by atoms with Gasteiger partial charge >= 0.3 is 0 Å². The molecule has 0 saturated carbocycles. The molecule has 1 saturated heterocycles. The SMILES string of the molecule is CN(C)C1CCCN(Cc2ccc(CN)s2)C1. The summed E-state index contributed by atoms with van der Waals surface area (Å²) in [5, 5.41) is 0. The molecule has 0 aromatic carbocycles. The van der Waals surface area contributed by atoms with Crippen molar-refractivity contribution in [2.75, 3.05) is 27.2 Å². The largest absolute Gasteiger partial charge is 0.326 e. The van der Waals surface area contributed by atoms with E-state index < -0.39 is 0 Å². The average molecular weight is 253 g/mol. The number of thiophene rings is 1. The fraction of sp³-hybridized carbons (Fsp3) is 0.692. The van der Waals surface area contributed by atoms with Crippen LogP contribution in [0.1, 0.15) is 22.6 Å². The molecule has 2 rings (SSSR count). The van der Waals surface area contributed by atoms with Crippen LogP contribution < -0.4 is 5.73 Å². The lowest BCUT2D eigenvalue weighted by Crippen LogP contribution is -2.44. The molecule has 0 aliphatic carbocycles. The van der Waals surface area contributed by atoms with Gasteiger partial charge in [-0.2, -0.15) is 0 Å². The summed E-state index contributed by atoms with van der Waals surface area (Å²) in [4.78, 5) is 7.66. The summed E-state index contributed by atoms with van der Waals surface area (Å²) in [6.07, 6.45) is 2.65. The smallest absolute Gasteiger partial charge is 0.0328 e. The quantitative estimate of drug-likeness (QED) is 0.887. The van der Waals surface area contributed by atoms with Crippen LogP contribution in [0.15, 0.2) is 12.1 Å². The summed E-state index contributed by atoms with van der Waals surface area (Å²) >= 11 is 1.86. The van der Waals surface area contributed by atoms with Crippen molar-refractivity contribution in [3.8, 4) is 0 Å². The molecule has 17 heavy (non-hydrogen) atoms. The molecule has 1 aliphatic heterocycles. The zero-order chi connectivity index (χ0) is 12.3. The first-order valence-electron chi connectivity index (χ1n) is 6.35. The maximum atomic E-state index is 5.65. The van der Waals surface area contributed by atoms with E-state index in [1.165, 1.54) is 35.7 Å². The fourth-order valence-electron chi connectivity index (χ4n) is 2.43. The first-order chi connectivity index (χ1) is 8.19. The van der Waals surface area contributed by atoms with Crippen molar-refractivity contribution >= 4 is 11.3 Å². The van der Waals surface area contributed by atoms with Gasteiger partial charge in [0, 0.05) is 35.4 Å². The number of piperidine rings is 1. The molecule has 1 aliphatic rings. The molecule has 0 radical (unpaired) electrons. The monoisotopic (exact) mass is 253 g/mol. The van der Waals surface area contributed by atoms with E-state index in [1.54, 1.807) is 0 Å². The number of nitrogens with zero attached hydrogens (tertiary/aromatic N) is 2. The highest BCUT2D eigenvalue weighted by atomic mass is 32.1. The Morgan fingerprint density at radius 1 is 1.41 bits per heavy atom. The van der Waals surface area contributed by atoms with Crippen molar-refractivity contribution in [3.05, 3.63) is 21.9 Å². The van der Waals surface area contributed by atoms with Gasteiger partial charge in [0.1, 0.15) is 0 Å². The molecule has 1 fully saturated rings. The molecule has 1 atom stereocenters. The minimum Gasteiger partial charge on any atom is -0.326 e. The highest BCUT2D eigenvalue weighted by Gasteiger charge is 2.21. The Bertz CT molecular complexity index is 348. The molecule has 0 bridgehead atoms. The first kappa shape index (κ1) is 13.0.